The van der Waals surface area contributed by atoms with Gasteiger partial charge in [0, 0.05) is 12.6 Å². The van der Waals surface area contributed by atoms with Crippen LogP contribution in [-0.4, -0.2) is 24.0 Å². The number of rotatable bonds is 3. The molecule has 0 saturated carbocycles. The first kappa shape index (κ1) is 6.09. The van der Waals surface area contributed by atoms with Crippen LogP contribution in [0.3, 0.4) is 0 Å². The molecule has 0 aromatic heterocycles. The predicted octanol–water partition coefficient (Wildman–Crippen LogP) is 1.49. The molecule has 1 heteroatoms. The lowest BCUT2D eigenvalue weighted by molar-refractivity contribution is 0.496. The van der Waals surface area contributed by atoms with E-state index in [1.54, 1.807) is 0 Å². The first-order chi connectivity index (χ1) is 3.84. The summed E-state index contributed by atoms with van der Waals surface area (Å²) in [6.45, 7) is 7.21. The largest absolute Gasteiger partial charge is 0.298 e. The first-order valence-electron chi connectivity index (χ1n) is 3.58. The molecule has 1 saturated heterocycles. The second kappa shape index (κ2) is 2.49. The molecule has 1 aliphatic heterocycles. The molecule has 2 unspecified atom stereocenters. The van der Waals surface area contributed by atoms with Crippen molar-refractivity contribution in [3.8, 4) is 0 Å². The quantitative estimate of drug-likeness (QED) is 0.501. The fraction of sp³-hybridized carbons (Fsp3) is 1.00. The smallest absolute Gasteiger partial charge is 0.0195 e. The van der Waals surface area contributed by atoms with E-state index in [1.165, 1.54) is 25.9 Å². The van der Waals surface area contributed by atoms with Crippen LogP contribution in [0.15, 0.2) is 0 Å². The van der Waals surface area contributed by atoms with E-state index in [9.17, 15) is 0 Å². The van der Waals surface area contributed by atoms with E-state index in [1.807, 2.05) is 0 Å². The molecule has 0 aromatic carbocycles. The predicted molar refractivity (Wildman–Crippen MR) is 35.9 cm³/mol. The van der Waals surface area contributed by atoms with Crippen molar-refractivity contribution in [2.75, 3.05) is 13.1 Å². The highest BCUT2D eigenvalue weighted by molar-refractivity contribution is 4.83. The third-order valence-corrected chi connectivity index (χ3v) is 1.79. The average molecular weight is 113 g/mol. The fourth-order valence-corrected chi connectivity index (χ4v) is 0.965. The van der Waals surface area contributed by atoms with Crippen LogP contribution in [0.5, 0.6) is 0 Å². The number of nitrogens with zero attached hydrogens (tertiary/aromatic N) is 1. The van der Waals surface area contributed by atoms with Gasteiger partial charge >= 0.3 is 0 Å². The highest BCUT2D eigenvalue weighted by Gasteiger charge is 2.27. The minimum atomic E-state index is 0.904. The van der Waals surface area contributed by atoms with Crippen molar-refractivity contribution in [1.29, 1.82) is 0 Å². The van der Waals surface area contributed by atoms with Crippen LogP contribution >= 0.6 is 0 Å². The topological polar surface area (TPSA) is 3.01 Å². The van der Waals surface area contributed by atoms with Crippen LogP contribution < -0.4 is 0 Å². The third kappa shape index (κ3) is 1.48. The molecule has 1 aliphatic rings. The van der Waals surface area contributed by atoms with Gasteiger partial charge in [-0.1, -0.05) is 13.3 Å². The summed E-state index contributed by atoms with van der Waals surface area (Å²) in [5.74, 6) is 0. The molecular formula is C7H15N. The van der Waals surface area contributed by atoms with Crippen molar-refractivity contribution in [1.82, 2.24) is 4.90 Å². The van der Waals surface area contributed by atoms with Gasteiger partial charge in [0.1, 0.15) is 0 Å². The Morgan fingerprint density at radius 1 is 1.62 bits per heavy atom. The maximum Gasteiger partial charge on any atom is 0.0195 e. The Balaban J connectivity index is 1.89. The molecule has 1 rings (SSSR count). The summed E-state index contributed by atoms with van der Waals surface area (Å²) in [5, 5.41) is 0. The minimum Gasteiger partial charge on any atom is -0.298 e. The Morgan fingerprint density at radius 2 is 2.25 bits per heavy atom. The molecule has 1 heterocycles. The Kier molecular flexibility index (Phi) is 1.90. The number of unbranched alkanes of at least 4 members (excludes halogenated alkanes) is 1. The maximum atomic E-state index is 2.50. The summed E-state index contributed by atoms with van der Waals surface area (Å²) >= 11 is 0. The molecule has 0 radical (unpaired) electrons. The van der Waals surface area contributed by atoms with Crippen molar-refractivity contribution in [3.05, 3.63) is 0 Å². The van der Waals surface area contributed by atoms with Crippen LogP contribution in [-0.2, 0) is 0 Å². The standard InChI is InChI=1S/C7H15N/c1-3-4-5-8-6-7(8)2/h7H,3-6H2,1-2H3. The summed E-state index contributed by atoms with van der Waals surface area (Å²) < 4.78 is 0. The van der Waals surface area contributed by atoms with Gasteiger partial charge in [-0.15, -0.1) is 0 Å². The molecule has 0 bridgehead atoms. The zero-order chi connectivity index (χ0) is 5.98. The summed E-state index contributed by atoms with van der Waals surface area (Å²) in [7, 11) is 0. The lowest BCUT2D eigenvalue weighted by Crippen LogP contribution is -2.00. The average Bonchev–Trinajstić information content (AvgIpc) is 2.42. The second-order valence-corrected chi connectivity index (χ2v) is 2.70. The second-order valence-electron chi connectivity index (χ2n) is 2.70. The van der Waals surface area contributed by atoms with Crippen LogP contribution in [0, 0.1) is 0 Å². The molecule has 8 heavy (non-hydrogen) atoms. The van der Waals surface area contributed by atoms with Gasteiger partial charge in [0.05, 0.1) is 0 Å². The van der Waals surface area contributed by atoms with E-state index in [0.29, 0.717) is 0 Å². The Labute approximate surface area is 51.7 Å². The van der Waals surface area contributed by atoms with Crippen molar-refractivity contribution in [2.45, 2.75) is 32.7 Å². The summed E-state index contributed by atoms with van der Waals surface area (Å²) in [6.07, 6.45) is 2.72. The maximum absolute atomic E-state index is 2.50. The monoisotopic (exact) mass is 113 g/mol. The highest BCUT2D eigenvalue weighted by Crippen LogP contribution is 2.15. The van der Waals surface area contributed by atoms with E-state index < -0.39 is 0 Å². The molecule has 0 aliphatic carbocycles. The van der Waals surface area contributed by atoms with Gasteiger partial charge in [-0.3, -0.25) is 4.90 Å². The SMILES string of the molecule is CCCCN1CC1C. The van der Waals surface area contributed by atoms with Gasteiger partial charge in [0.15, 0.2) is 0 Å². The molecular weight excluding hydrogens is 98.1 g/mol. The zero-order valence-electron chi connectivity index (χ0n) is 5.85. The summed E-state index contributed by atoms with van der Waals surface area (Å²) in [6, 6.07) is 0.904. The van der Waals surface area contributed by atoms with Gasteiger partial charge in [0.25, 0.3) is 0 Å². The Hall–Kier alpha value is -0.0400. The van der Waals surface area contributed by atoms with Crippen LogP contribution in [0.2, 0.25) is 0 Å². The lowest BCUT2D eigenvalue weighted by Gasteiger charge is -1.96. The van der Waals surface area contributed by atoms with Crippen molar-refractivity contribution >= 4 is 0 Å². The molecule has 48 valence electrons. The highest BCUT2D eigenvalue weighted by atomic mass is 15.3. The van der Waals surface area contributed by atoms with Crippen molar-refractivity contribution in [3.63, 3.8) is 0 Å². The lowest BCUT2D eigenvalue weighted by atomic mass is 10.3. The van der Waals surface area contributed by atoms with Gasteiger partial charge in [-0.25, -0.2) is 0 Å². The van der Waals surface area contributed by atoms with Crippen LogP contribution in [0.1, 0.15) is 26.7 Å². The molecule has 1 fully saturated rings. The molecule has 1 nitrogen and oxygen atoms in total. The zero-order valence-corrected chi connectivity index (χ0v) is 5.85. The Bertz CT molecular complexity index is 70.8. The van der Waals surface area contributed by atoms with Crippen molar-refractivity contribution in [2.24, 2.45) is 0 Å². The van der Waals surface area contributed by atoms with Gasteiger partial charge in [-0.05, 0) is 19.9 Å². The molecule has 0 amide bonds. The van der Waals surface area contributed by atoms with Crippen molar-refractivity contribution < 1.29 is 0 Å². The van der Waals surface area contributed by atoms with E-state index in [4.69, 9.17) is 0 Å². The summed E-state index contributed by atoms with van der Waals surface area (Å²) in [4.78, 5) is 2.50. The summed E-state index contributed by atoms with van der Waals surface area (Å²) in [5.41, 5.74) is 0. The number of hydrogen-bond donors (Lipinski definition) is 0. The molecule has 0 aromatic rings. The Morgan fingerprint density at radius 3 is 2.62 bits per heavy atom. The molecule has 0 spiro atoms. The van der Waals surface area contributed by atoms with Crippen LogP contribution in [0.4, 0.5) is 0 Å². The third-order valence-electron chi connectivity index (χ3n) is 1.79. The minimum absolute atomic E-state index is 0.904. The van der Waals surface area contributed by atoms with Crippen LogP contribution in [0.25, 0.3) is 0 Å². The number of hydrogen-bond acceptors (Lipinski definition) is 1. The van der Waals surface area contributed by atoms with E-state index >= 15 is 0 Å². The molecule has 0 N–H and O–H groups in total. The first-order valence-corrected chi connectivity index (χ1v) is 3.58. The normalized spacial score (nSPS) is 35.2. The van der Waals surface area contributed by atoms with Gasteiger partial charge in [0.2, 0.25) is 0 Å². The van der Waals surface area contributed by atoms with Gasteiger partial charge in [-0.2, -0.15) is 0 Å². The van der Waals surface area contributed by atoms with E-state index in [2.05, 4.69) is 18.7 Å². The van der Waals surface area contributed by atoms with E-state index in [-0.39, 0.29) is 0 Å². The van der Waals surface area contributed by atoms with E-state index in [0.717, 1.165) is 6.04 Å². The van der Waals surface area contributed by atoms with Gasteiger partial charge < -0.3 is 0 Å². The fourth-order valence-electron chi connectivity index (χ4n) is 0.965. The molecule has 2 atom stereocenters.